The third-order valence-electron chi connectivity index (χ3n) is 3.29. The van der Waals surface area contributed by atoms with Crippen molar-refractivity contribution in [1.82, 2.24) is 10.3 Å². The Morgan fingerprint density at radius 3 is 2.07 bits per heavy atom. The maximum atomic E-state index is 12.5. The van der Waals surface area contributed by atoms with Crippen LogP contribution in [0.2, 0.25) is 5.02 Å². The first kappa shape index (κ1) is 22.1. The Bertz CT molecular complexity index is 1120. The zero-order valence-electron chi connectivity index (χ0n) is 13.5. The summed E-state index contributed by atoms with van der Waals surface area (Å²) in [6.07, 6.45) is -4.64. The van der Waals surface area contributed by atoms with Crippen LogP contribution in [0.3, 0.4) is 0 Å². The highest BCUT2D eigenvalue weighted by Crippen LogP contribution is 2.29. The topological polar surface area (TPSA) is 135 Å². The van der Waals surface area contributed by atoms with Gasteiger partial charge < -0.3 is 0 Å². The minimum Gasteiger partial charge on any atom is -0.273 e. The molecular weight excluding hydrogens is 447 g/mol. The molecule has 1 amide bonds. The average molecular weight is 458 g/mol. The Morgan fingerprint density at radius 1 is 1.00 bits per heavy atom. The van der Waals surface area contributed by atoms with E-state index in [0.29, 0.717) is 24.3 Å². The van der Waals surface area contributed by atoms with Crippen molar-refractivity contribution in [1.29, 1.82) is 0 Å². The molecule has 0 heterocycles. The molecule has 2 aromatic carbocycles. The van der Waals surface area contributed by atoms with E-state index in [2.05, 4.69) is 0 Å². The van der Waals surface area contributed by atoms with E-state index in [-0.39, 0.29) is 10.6 Å². The third-order valence-corrected chi connectivity index (χ3v) is 5.95. The molecule has 2 rings (SSSR count). The highest BCUT2D eigenvalue weighted by atomic mass is 35.5. The molecule has 0 spiro atoms. The smallest absolute Gasteiger partial charge is 0.273 e. The first-order valence-electron chi connectivity index (χ1n) is 7.03. The number of carbonyl (C=O) groups is 1. The van der Waals surface area contributed by atoms with Gasteiger partial charge >= 0.3 is 6.18 Å². The highest BCUT2D eigenvalue weighted by Gasteiger charge is 2.30. The lowest BCUT2D eigenvalue weighted by Crippen LogP contribution is -2.41. The van der Waals surface area contributed by atoms with Crippen LogP contribution in [0, 0.1) is 0 Å². The molecule has 2 aromatic rings. The predicted molar refractivity (Wildman–Crippen MR) is 92.1 cm³/mol. The van der Waals surface area contributed by atoms with Crippen molar-refractivity contribution in [3.05, 3.63) is 58.6 Å². The Hall–Kier alpha value is -2.19. The normalized spacial score (nSPS) is 12.6. The van der Waals surface area contributed by atoms with Crippen LogP contribution in [-0.2, 0) is 26.2 Å². The Labute approximate surface area is 162 Å². The van der Waals surface area contributed by atoms with Gasteiger partial charge in [-0.2, -0.15) is 13.2 Å². The van der Waals surface area contributed by atoms with Gasteiger partial charge in [0, 0.05) is 5.56 Å². The monoisotopic (exact) mass is 457 g/mol. The number of alkyl halides is 3. The number of halogens is 4. The number of hydrogen-bond donors (Lipinski definition) is 3. The molecule has 14 heteroatoms. The lowest BCUT2D eigenvalue weighted by atomic mass is 10.2. The molecule has 4 N–H and O–H groups in total. The second kappa shape index (κ2) is 7.67. The molecule has 0 bridgehead atoms. The lowest BCUT2D eigenvalue weighted by Gasteiger charge is -2.11. The number of carbonyl (C=O) groups excluding carboxylic acids is 1. The van der Waals surface area contributed by atoms with Crippen molar-refractivity contribution in [3.8, 4) is 0 Å². The van der Waals surface area contributed by atoms with Gasteiger partial charge in [-0.25, -0.2) is 22.0 Å². The molecule has 0 aliphatic carbocycles. The highest BCUT2D eigenvalue weighted by molar-refractivity contribution is 7.89. The van der Waals surface area contributed by atoms with Gasteiger partial charge in [-0.1, -0.05) is 11.6 Å². The zero-order chi connectivity index (χ0) is 21.3. The first-order chi connectivity index (χ1) is 12.7. The molecule has 8 nitrogen and oxygen atoms in total. The summed E-state index contributed by atoms with van der Waals surface area (Å²) in [7, 11) is -8.63. The van der Waals surface area contributed by atoms with Gasteiger partial charge in [0.25, 0.3) is 15.9 Å². The minimum atomic E-state index is -4.64. The third kappa shape index (κ3) is 5.20. The molecule has 0 fully saturated rings. The van der Waals surface area contributed by atoms with E-state index in [1.807, 2.05) is 0 Å². The number of amides is 1. The molecule has 152 valence electrons. The number of nitrogens with one attached hydrogen (secondary N) is 2. The molecule has 0 aromatic heterocycles. The van der Waals surface area contributed by atoms with E-state index in [4.69, 9.17) is 16.7 Å². The lowest BCUT2D eigenvalue weighted by molar-refractivity contribution is -0.137. The summed E-state index contributed by atoms with van der Waals surface area (Å²) in [4.78, 5) is 12.6. The van der Waals surface area contributed by atoms with E-state index in [1.54, 1.807) is 10.3 Å². The fourth-order valence-corrected chi connectivity index (χ4v) is 3.84. The van der Waals surface area contributed by atoms with Gasteiger partial charge in [0.05, 0.1) is 15.5 Å². The quantitative estimate of drug-likeness (QED) is 0.586. The fourth-order valence-electron chi connectivity index (χ4n) is 1.93. The Balaban J connectivity index is 2.18. The first-order valence-corrected chi connectivity index (χ1v) is 10.4. The minimum absolute atomic E-state index is 0.246. The van der Waals surface area contributed by atoms with Crippen LogP contribution >= 0.6 is 11.6 Å². The maximum absolute atomic E-state index is 12.5. The van der Waals surface area contributed by atoms with E-state index in [9.17, 15) is 34.8 Å². The number of benzene rings is 2. The number of rotatable bonds is 5. The molecule has 0 saturated carbocycles. The van der Waals surface area contributed by atoms with Crippen molar-refractivity contribution in [2.75, 3.05) is 0 Å². The van der Waals surface area contributed by atoms with Gasteiger partial charge in [-0.05, 0) is 42.5 Å². The van der Waals surface area contributed by atoms with Crippen molar-refractivity contribution in [3.63, 3.8) is 0 Å². The van der Waals surface area contributed by atoms with Crippen LogP contribution in [0.5, 0.6) is 0 Å². The van der Waals surface area contributed by atoms with Gasteiger partial charge in [0.15, 0.2) is 0 Å². The fraction of sp³-hybridized carbons (Fsp3) is 0.0714. The van der Waals surface area contributed by atoms with Crippen molar-refractivity contribution < 1.29 is 34.8 Å². The average Bonchev–Trinajstić information content (AvgIpc) is 2.58. The molecule has 0 aliphatic rings. The van der Waals surface area contributed by atoms with E-state index < -0.39 is 47.5 Å². The van der Waals surface area contributed by atoms with Crippen molar-refractivity contribution in [2.45, 2.75) is 16.0 Å². The van der Waals surface area contributed by atoms with E-state index >= 15 is 0 Å². The zero-order valence-corrected chi connectivity index (χ0v) is 15.9. The van der Waals surface area contributed by atoms with Crippen LogP contribution in [0.1, 0.15) is 15.9 Å². The summed E-state index contributed by atoms with van der Waals surface area (Å²) in [6, 6.07) is 5.55. The van der Waals surface area contributed by atoms with E-state index in [1.165, 1.54) is 0 Å². The van der Waals surface area contributed by atoms with Crippen molar-refractivity contribution >= 4 is 37.6 Å². The van der Waals surface area contributed by atoms with Crippen molar-refractivity contribution in [2.24, 2.45) is 5.14 Å². The largest absolute Gasteiger partial charge is 0.416 e. The Kier molecular flexibility index (Phi) is 6.06. The number of hydrazine groups is 1. The summed E-state index contributed by atoms with van der Waals surface area (Å²) in [5.74, 6) is -1.06. The number of primary sulfonamides is 1. The van der Waals surface area contributed by atoms with Gasteiger partial charge in [0.1, 0.15) is 4.90 Å². The number of nitrogens with two attached hydrogens (primary N) is 1. The summed E-state index contributed by atoms with van der Waals surface area (Å²) < 4.78 is 84.5. The summed E-state index contributed by atoms with van der Waals surface area (Å²) in [5, 5.41) is 4.71. The van der Waals surface area contributed by atoms with Crippen LogP contribution < -0.4 is 15.4 Å². The molecule has 0 unspecified atom stereocenters. The predicted octanol–water partition coefficient (Wildman–Crippen LogP) is 1.63. The van der Waals surface area contributed by atoms with E-state index in [0.717, 1.165) is 18.2 Å². The molecule has 28 heavy (non-hydrogen) atoms. The van der Waals surface area contributed by atoms with Gasteiger partial charge in [-0.3, -0.25) is 10.2 Å². The molecule has 0 aliphatic heterocycles. The number of sulfonamides is 2. The standard InChI is InChI=1S/C14H11ClF3N3O5S2/c15-11-6-1-8(7-12(11)27(19,23)24)13(22)20-21-28(25,26)10-4-2-9(3-5-10)14(16,17)18/h1-7,21H,(H,20,22)(H2,19,23,24). The second-order valence-corrected chi connectivity index (χ2v) is 8.89. The summed E-state index contributed by atoms with van der Waals surface area (Å²) in [6.45, 7) is 0. The number of hydrogen-bond acceptors (Lipinski definition) is 5. The molecule has 0 saturated heterocycles. The maximum Gasteiger partial charge on any atom is 0.416 e. The molecule has 0 atom stereocenters. The van der Waals surface area contributed by atoms with Crippen LogP contribution in [0.15, 0.2) is 52.3 Å². The van der Waals surface area contributed by atoms with Crippen LogP contribution in [-0.4, -0.2) is 22.7 Å². The summed E-state index contributed by atoms with van der Waals surface area (Å²) in [5.41, 5.74) is 0.466. The SMILES string of the molecule is NS(=O)(=O)c1cc(C(=O)NNS(=O)(=O)c2ccc(C(F)(F)F)cc2)ccc1Cl. The van der Waals surface area contributed by atoms with Gasteiger partial charge in [0.2, 0.25) is 10.0 Å². The van der Waals surface area contributed by atoms with Gasteiger partial charge in [-0.15, -0.1) is 4.83 Å². The Morgan fingerprint density at radius 2 is 1.57 bits per heavy atom. The molecular formula is C14H11ClF3N3O5S2. The van der Waals surface area contributed by atoms with Crippen LogP contribution in [0.25, 0.3) is 0 Å². The second-order valence-electron chi connectivity index (χ2n) is 5.27. The molecule has 0 radical (unpaired) electrons. The summed E-state index contributed by atoms with van der Waals surface area (Å²) >= 11 is 5.68. The van der Waals surface area contributed by atoms with Crippen LogP contribution in [0.4, 0.5) is 13.2 Å².